The van der Waals surface area contributed by atoms with E-state index in [0.29, 0.717) is 19.0 Å². The summed E-state index contributed by atoms with van der Waals surface area (Å²) in [6.07, 6.45) is 0.821. The van der Waals surface area contributed by atoms with Crippen LogP contribution in [0.5, 0.6) is 0 Å². The van der Waals surface area contributed by atoms with Gasteiger partial charge in [-0.1, -0.05) is 30.3 Å². The molecule has 0 spiro atoms. The number of fused-ring (bicyclic) bond motifs is 1. The summed E-state index contributed by atoms with van der Waals surface area (Å²) in [6.45, 7) is 12.6. The third-order valence-corrected chi connectivity index (χ3v) is 5.31. The number of benzene rings is 1. The van der Waals surface area contributed by atoms with Crippen LogP contribution in [0, 0.1) is 5.92 Å². The van der Waals surface area contributed by atoms with E-state index in [-0.39, 0.29) is 11.7 Å². The molecule has 0 bridgehead atoms. The van der Waals surface area contributed by atoms with Crippen LogP contribution < -0.4 is 0 Å². The van der Waals surface area contributed by atoms with Crippen molar-refractivity contribution in [3.05, 3.63) is 35.9 Å². The monoisotopic (exact) mass is 360 g/mol. The zero-order valence-corrected chi connectivity index (χ0v) is 16.5. The Morgan fingerprint density at radius 2 is 2.08 bits per heavy atom. The zero-order valence-electron chi connectivity index (χ0n) is 16.5. The van der Waals surface area contributed by atoms with Crippen LogP contribution in [0.4, 0.5) is 4.79 Å². The van der Waals surface area contributed by atoms with Crippen molar-refractivity contribution >= 4 is 6.09 Å². The summed E-state index contributed by atoms with van der Waals surface area (Å²) in [5, 5.41) is 0. The molecule has 2 saturated heterocycles. The van der Waals surface area contributed by atoms with Crippen molar-refractivity contribution in [3.8, 4) is 0 Å². The van der Waals surface area contributed by atoms with Crippen molar-refractivity contribution in [2.24, 2.45) is 5.92 Å². The third kappa shape index (κ3) is 4.38. The van der Waals surface area contributed by atoms with Gasteiger partial charge >= 0.3 is 6.09 Å². The topological polar surface area (TPSA) is 42.0 Å². The van der Waals surface area contributed by atoms with Gasteiger partial charge in [-0.2, -0.15) is 0 Å². The first kappa shape index (κ1) is 19.2. The van der Waals surface area contributed by atoms with E-state index < -0.39 is 5.60 Å². The Morgan fingerprint density at radius 3 is 2.73 bits per heavy atom. The summed E-state index contributed by atoms with van der Waals surface area (Å²) >= 11 is 0. The number of ether oxygens (including phenoxy) is 2. The Bertz CT molecular complexity index is 613. The van der Waals surface area contributed by atoms with E-state index in [0.717, 1.165) is 32.7 Å². The van der Waals surface area contributed by atoms with Crippen molar-refractivity contribution in [1.29, 1.82) is 0 Å². The second kappa shape index (κ2) is 7.57. The fraction of sp³-hybridized carbons (Fsp3) is 0.667. The fourth-order valence-electron chi connectivity index (χ4n) is 4.11. The first-order chi connectivity index (χ1) is 12.3. The van der Waals surface area contributed by atoms with E-state index in [4.69, 9.17) is 9.47 Å². The summed E-state index contributed by atoms with van der Waals surface area (Å²) in [4.78, 5) is 16.8. The Kier molecular flexibility index (Phi) is 5.58. The smallest absolute Gasteiger partial charge is 0.410 e. The van der Waals surface area contributed by atoms with Gasteiger partial charge < -0.3 is 14.4 Å². The van der Waals surface area contributed by atoms with Crippen LogP contribution in [0.3, 0.4) is 0 Å². The van der Waals surface area contributed by atoms with E-state index in [1.165, 1.54) is 5.56 Å². The largest absolute Gasteiger partial charge is 0.444 e. The zero-order chi connectivity index (χ0) is 18.8. The van der Waals surface area contributed by atoms with Gasteiger partial charge in [0.2, 0.25) is 0 Å². The molecule has 2 heterocycles. The van der Waals surface area contributed by atoms with E-state index >= 15 is 0 Å². The quantitative estimate of drug-likeness (QED) is 0.805. The lowest BCUT2D eigenvalue weighted by Gasteiger charge is -2.35. The van der Waals surface area contributed by atoms with Crippen LogP contribution in [0.25, 0.3) is 0 Å². The number of carbonyl (C=O) groups excluding carboxylic acids is 1. The molecule has 2 aliphatic rings. The van der Waals surface area contributed by atoms with Crippen LogP contribution in [0.2, 0.25) is 0 Å². The predicted molar refractivity (Wildman–Crippen MR) is 102 cm³/mol. The highest BCUT2D eigenvalue weighted by Crippen LogP contribution is 2.40. The molecular formula is C21H32N2O3. The summed E-state index contributed by atoms with van der Waals surface area (Å²) in [5.74, 6) is 0.475. The lowest BCUT2D eigenvalue weighted by molar-refractivity contribution is -0.0396. The lowest BCUT2D eigenvalue weighted by atomic mass is 9.90. The number of carbonyl (C=O) groups is 1. The van der Waals surface area contributed by atoms with E-state index in [2.05, 4.69) is 29.2 Å². The summed E-state index contributed by atoms with van der Waals surface area (Å²) in [5.41, 5.74) is 0.580. The molecular weight excluding hydrogens is 328 g/mol. The Balaban J connectivity index is 1.67. The molecule has 1 aromatic rings. The van der Waals surface area contributed by atoms with Gasteiger partial charge in [0, 0.05) is 38.7 Å². The van der Waals surface area contributed by atoms with Crippen molar-refractivity contribution in [1.82, 2.24) is 9.80 Å². The minimum atomic E-state index is -0.479. The normalized spacial score (nSPS) is 25.9. The molecule has 26 heavy (non-hydrogen) atoms. The van der Waals surface area contributed by atoms with Gasteiger partial charge in [-0.15, -0.1) is 0 Å². The lowest BCUT2D eigenvalue weighted by Crippen LogP contribution is -2.50. The first-order valence-corrected chi connectivity index (χ1v) is 9.69. The third-order valence-electron chi connectivity index (χ3n) is 5.31. The highest BCUT2D eigenvalue weighted by Gasteiger charge is 2.52. The van der Waals surface area contributed by atoms with Crippen LogP contribution >= 0.6 is 0 Å². The predicted octanol–water partition coefficient (Wildman–Crippen LogP) is 3.53. The molecule has 0 aliphatic carbocycles. The fourth-order valence-corrected chi connectivity index (χ4v) is 4.11. The SMILES string of the molecule is CCN(CC12CN(Cc3ccccc3)CC1CCO2)C(=O)OC(C)(C)C. The molecule has 5 heteroatoms. The standard InChI is InChI=1S/C21H32N2O3/c1-5-23(19(24)26-20(2,3)4)16-21-15-22(14-18(21)11-12-25-21)13-17-9-7-6-8-10-17/h6-10,18H,5,11-16H2,1-4H3. The van der Waals surface area contributed by atoms with Crippen molar-refractivity contribution in [3.63, 3.8) is 0 Å². The summed E-state index contributed by atoms with van der Waals surface area (Å²) in [6, 6.07) is 10.5. The highest BCUT2D eigenvalue weighted by molar-refractivity contribution is 5.68. The molecule has 1 aromatic carbocycles. The van der Waals surface area contributed by atoms with Crippen LogP contribution in [0.1, 0.15) is 39.7 Å². The minimum absolute atomic E-state index is 0.245. The highest BCUT2D eigenvalue weighted by atomic mass is 16.6. The van der Waals surface area contributed by atoms with Gasteiger partial charge in [0.15, 0.2) is 0 Å². The van der Waals surface area contributed by atoms with Crippen molar-refractivity contribution < 1.29 is 14.3 Å². The minimum Gasteiger partial charge on any atom is -0.444 e. The van der Waals surface area contributed by atoms with Gasteiger partial charge in [-0.3, -0.25) is 4.90 Å². The maximum absolute atomic E-state index is 12.6. The van der Waals surface area contributed by atoms with Gasteiger partial charge in [-0.25, -0.2) is 4.79 Å². The van der Waals surface area contributed by atoms with Crippen LogP contribution in [0.15, 0.2) is 30.3 Å². The number of likely N-dealkylation sites (tertiary alicyclic amines) is 1. The number of rotatable bonds is 5. The second-order valence-corrected chi connectivity index (χ2v) is 8.55. The average Bonchev–Trinajstić information content (AvgIpc) is 3.08. The first-order valence-electron chi connectivity index (χ1n) is 9.69. The molecule has 0 N–H and O–H groups in total. The number of nitrogens with zero attached hydrogens (tertiary/aromatic N) is 2. The summed E-state index contributed by atoms with van der Waals surface area (Å²) in [7, 11) is 0. The molecule has 144 valence electrons. The van der Waals surface area contributed by atoms with Gasteiger partial charge in [0.1, 0.15) is 11.2 Å². The number of likely N-dealkylation sites (N-methyl/N-ethyl adjacent to an activating group) is 1. The maximum Gasteiger partial charge on any atom is 0.410 e. The van der Waals surface area contributed by atoms with Gasteiger partial charge in [0.05, 0.1) is 6.54 Å². The van der Waals surface area contributed by atoms with E-state index in [9.17, 15) is 4.79 Å². The van der Waals surface area contributed by atoms with E-state index in [1.807, 2.05) is 33.8 Å². The molecule has 3 rings (SSSR count). The molecule has 5 nitrogen and oxygen atoms in total. The molecule has 1 amide bonds. The second-order valence-electron chi connectivity index (χ2n) is 8.55. The molecule has 0 aromatic heterocycles. The molecule has 2 unspecified atom stereocenters. The Hall–Kier alpha value is -1.59. The van der Waals surface area contributed by atoms with Gasteiger partial charge in [0.25, 0.3) is 0 Å². The number of hydrogen-bond donors (Lipinski definition) is 0. The molecule has 0 radical (unpaired) electrons. The average molecular weight is 360 g/mol. The Labute approximate surface area is 157 Å². The van der Waals surface area contributed by atoms with Crippen LogP contribution in [-0.2, 0) is 16.0 Å². The Morgan fingerprint density at radius 1 is 1.35 bits per heavy atom. The molecule has 2 aliphatic heterocycles. The molecule has 0 saturated carbocycles. The molecule has 2 fully saturated rings. The van der Waals surface area contributed by atoms with Crippen LogP contribution in [-0.4, -0.2) is 59.9 Å². The number of amides is 1. The number of hydrogen-bond acceptors (Lipinski definition) is 4. The maximum atomic E-state index is 12.6. The molecule has 2 atom stereocenters. The van der Waals surface area contributed by atoms with Crippen molar-refractivity contribution in [2.75, 3.05) is 32.8 Å². The van der Waals surface area contributed by atoms with E-state index in [1.54, 1.807) is 4.90 Å². The van der Waals surface area contributed by atoms with Crippen molar-refractivity contribution in [2.45, 2.75) is 51.9 Å². The summed E-state index contributed by atoms with van der Waals surface area (Å²) < 4.78 is 11.8. The van der Waals surface area contributed by atoms with Gasteiger partial charge in [-0.05, 0) is 39.7 Å².